The Balaban J connectivity index is 1.50. The summed E-state index contributed by atoms with van der Waals surface area (Å²) in [5.74, 6) is -0.113. The number of para-hydroxylation sites is 1. The fraction of sp³-hybridized carbons (Fsp3) is 0.212. The van der Waals surface area contributed by atoms with Crippen LogP contribution in [-0.4, -0.2) is 24.4 Å². The summed E-state index contributed by atoms with van der Waals surface area (Å²) < 4.78 is 92.4. The van der Waals surface area contributed by atoms with Gasteiger partial charge in [-0.05, 0) is 84.0 Å². The fourth-order valence-electron chi connectivity index (χ4n) is 5.58. The second kappa shape index (κ2) is 13.3. The van der Waals surface area contributed by atoms with Gasteiger partial charge in [-0.2, -0.15) is 26.3 Å². The van der Waals surface area contributed by atoms with Crippen molar-refractivity contribution in [1.29, 1.82) is 0 Å². The van der Waals surface area contributed by atoms with Crippen molar-refractivity contribution in [3.8, 4) is 17.2 Å². The Morgan fingerprint density at radius 3 is 2.07 bits per heavy atom. The SMILES string of the molecule is O=c1/c(=C/c2ccccc2OC(F)F)sc2n1[C@@H](c1ccc(OC(F)F)cc1)C1=C(N=2)/C(=C/c2ccc(OC(F)F)cc2)CCC1. The van der Waals surface area contributed by atoms with Crippen molar-refractivity contribution >= 4 is 23.5 Å². The number of ether oxygens (including phenoxy) is 3. The molecule has 0 saturated heterocycles. The lowest BCUT2D eigenvalue weighted by atomic mass is 9.84. The van der Waals surface area contributed by atoms with Gasteiger partial charge in [-0.15, -0.1) is 0 Å². The van der Waals surface area contributed by atoms with Crippen LogP contribution in [0.15, 0.2) is 99.4 Å². The molecule has 1 atom stereocenters. The van der Waals surface area contributed by atoms with Crippen LogP contribution >= 0.6 is 11.3 Å². The summed E-state index contributed by atoms with van der Waals surface area (Å²) in [6.07, 6.45) is 5.33. The molecule has 0 amide bonds. The first-order valence-electron chi connectivity index (χ1n) is 14.1. The molecule has 1 aromatic heterocycles. The molecule has 1 aliphatic carbocycles. The molecule has 1 aliphatic heterocycles. The van der Waals surface area contributed by atoms with Crippen LogP contribution in [0.4, 0.5) is 26.3 Å². The topological polar surface area (TPSA) is 62.0 Å². The highest BCUT2D eigenvalue weighted by Crippen LogP contribution is 2.41. The number of rotatable bonds is 9. The summed E-state index contributed by atoms with van der Waals surface area (Å²) >= 11 is 1.08. The van der Waals surface area contributed by atoms with Crippen LogP contribution in [0.25, 0.3) is 12.2 Å². The van der Waals surface area contributed by atoms with Crippen LogP contribution in [0.5, 0.6) is 17.2 Å². The molecule has 0 unspecified atom stereocenters. The third-order valence-corrected chi connectivity index (χ3v) is 8.40. The maximum absolute atomic E-state index is 14.0. The molecule has 0 N–H and O–H groups in total. The molecule has 2 heterocycles. The molecule has 4 aromatic rings. The number of hydrogen-bond donors (Lipinski definition) is 0. The molecule has 6 rings (SSSR count). The number of allylic oxidation sites excluding steroid dienone is 2. The van der Waals surface area contributed by atoms with Gasteiger partial charge in [0.05, 0.1) is 16.3 Å². The van der Waals surface area contributed by atoms with E-state index in [9.17, 15) is 31.1 Å². The van der Waals surface area contributed by atoms with Gasteiger partial charge in [-0.25, -0.2) is 4.99 Å². The maximum atomic E-state index is 14.0. The van der Waals surface area contributed by atoms with Gasteiger partial charge in [-0.3, -0.25) is 9.36 Å². The van der Waals surface area contributed by atoms with Gasteiger partial charge in [0, 0.05) is 5.56 Å². The van der Waals surface area contributed by atoms with Crippen molar-refractivity contribution in [2.75, 3.05) is 0 Å². The van der Waals surface area contributed by atoms with Crippen molar-refractivity contribution in [2.24, 2.45) is 4.99 Å². The molecule has 46 heavy (non-hydrogen) atoms. The average molecular weight is 659 g/mol. The standard InChI is InChI=1S/C33H24F6N2O4S/c34-30(35)43-22-12-8-18(9-13-22)16-21-5-3-6-24-27(21)40-33-41(28(24)19-10-14-23(15-11-19)44-31(36)37)29(42)26(46-33)17-20-4-1-2-7-25(20)45-32(38)39/h1-2,4,7-17,28,30-32H,3,5-6H2/b21-16+,26-17-/t28-/m0/s1. The zero-order chi connectivity index (χ0) is 32.4. The molecular formula is C33H24F6N2O4S. The summed E-state index contributed by atoms with van der Waals surface area (Å²) in [6, 6.07) is 17.7. The second-order valence-corrected chi connectivity index (χ2v) is 11.3. The van der Waals surface area contributed by atoms with Gasteiger partial charge in [-0.1, -0.05) is 53.8 Å². The molecule has 0 spiro atoms. The summed E-state index contributed by atoms with van der Waals surface area (Å²) in [5, 5.41) is 0. The summed E-state index contributed by atoms with van der Waals surface area (Å²) in [6.45, 7) is -9.00. The molecule has 0 radical (unpaired) electrons. The Morgan fingerprint density at radius 2 is 1.41 bits per heavy atom. The summed E-state index contributed by atoms with van der Waals surface area (Å²) in [5.41, 5.74) is 3.58. The van der Waals surface area contributed by atoms with E-state index in [1.54, 1.807) is 42.5 Å². The maximum Gasteiger partial charge on any atom is 0.387 e. The van der Waals surface area contributed by atoms with E-state index in [0.29, 0.717) is 28.9 Å². The number of thiazole rings is 1. The molecule has 13 heteroatoms. The monoisotopic (exact) mass is 658 g/mol. The highest BCUT2D eigenvalue weighted by atomic mass is 32.1. The number of fused-ring (bicyclic) bond motifs is 1. The second-order valence-electron chi connectivity index (χ2n) is 10.3. The summed E-state index contributed by atoms with van der Waals surface area (Å²) in [7, 11) is 0. The molecule has 6 nitrogen and oxygen atoms in total. The van der Waals surface area contributed by atoms with Crippen LogP contribution < -0.4 is 29.1 Å². The minimum absolute atomic E-state index is 0.0225. The van der Waals surface area contributed by atoms with E-state index >= 15 is 0 Å². The smallest absolute Gasteiger partial charge is 0.387 e. The van der Waals surface area contributed by atoms with E-state index in [-0.39, 0.29) is 27.3 Å². The van der Waals surface area contributed by atoms with Gasteiger partial charge in [0.25, 0.3) is 5.56 Å². The van der Waals surface area contributed by atoms with Gasteiger partial charge < -0.3 is 14.2 Å². The lowest BCUT2D eigenvalue weighted by molar-refractivity contribution is -0.0506. The van der Waals surface area contributed by atoms with Crippen molar-refractivity contribution in [3.63, 3.8) is 0 Å². The van der Waals surface area contributed by atoms with E-state index in [1.807, 2.05) is 6.08 Å². The lowest BCUT2D eigenvalue weighted by Gasteiger charge is -2.31. The van der Waals surface area contributed by atoms with Crippen LogP contribution in [0.2, 0.25) is 0 Å². The normalized spacial score (nSPS) is 17.4. The van der Waals surface area contributed by atoms with E-state index in [4.69, 9.17) is 4.99 Å². The Bertz CT molecular complexity index is 1970. The molecule has 0 bridgehead atoms. The summed E-state index contributed by atoms with van der Waals surface area (Å²) in [4.78, 5) is 19.2. The van der Waals surface area contributed by atoms with Gasteiger partial charge in [0.15, 0.2) is 4.80 Å². The first kappa shape index (κ1) is 31.2. The zero-order valence-electron chi connectivity index (χ0n) is 23.7. The zero-order valence-corrected chi connectivity index (χ0v) is 24.5. The van der Waals surface area contributed by atoms with E-state index in [2.05, 4.69) is 14.2 Å². The third kappa shape index (κ3) is 6.74. The largest absolute Gasteiger partial charge is 0.435 e. The molecule has 238 valence electrons. The minimum Gasteiger partial charge on any atom is -0.435 e. The number of halogens is 6. The highest BCUT2D eigenvalue weighted by Gasteiger charge is 2.32. The Hall–Kier alpha value is -4.78. The number of nitrogens with zero attached hydrogens (tertiary/aromatic N) is 2. The molecule has 0 saturated carbocycles. The van der Waals surface area contributed by atoms with Crippen molar-refractivity contribution < 1.29 is 40.6 Å². The third-order valence-electron chi connectivity index (χ3n) is 7.42. The van der Waals surface area contributed by atoms with Crippen molar-refractivity contribution in [2.45, 2.75) is 45.1 Å². The van der Waals surface area contributed by atoms with Gasteiger partial charge in [0.1, 0.15) is 17.2 Å². The average Bonchev–Trinajstić information content (AvgIpc) is 3.32. The Morgan fingerprint density at radius 1 is 0.783 bits per heavy atom. The first-order valence-corrected chi connectivity index (χ1v) is 14.9. The van der Waals surface area contributed by atoms with Crippen LogP contribution in [0.3, 0.4) is 0 Å². The lowest BCUT2D eigenvalue weighted by Crippen LogP contribution is -2.39. The predicted molar refractivity (Wildman–Crippen MR) is 159 cm³/mol. The number of hydrogen-bond acceptors (Lipinski definition) is 6. The predicted octanol–water partition coefficient (Wildman–Crippen LogP) is 7.29. The van der Waals surface area contributed by atoms with Crippen LogP contribution in [0, 0.1) is 0 Å². The molecule has 0 fully saturated rings. The van der Waals surface area contributed by atoms with Gasteiger partial charge in [0.2, 0.25) is 0 Å². The van der Waals surface area contributed by atoms with E-state index in [1.165, 1.54) is 41.0 Å². The quantitative estimate of drug-likeness (QED) is 0.177. The first-order chi connectivity index (χ1) is 22.2. The number of benzene rings is 3. The molecular weight excluding hydrogens is 634 g/mol. The minimum atomic E-state index is -3.06. The van der Waals surface area contributed by atoms with Crippen molar-refractivity contribution in [1.82, 2.24) is 4.57 Å². The molecule has 2 aliphatic rings. The number of alkyl halides is 6. The Labute approximate surface area is 261 Å². The van der Waals surface area contributed by atoms with E-state index < -0.39 is 31.4 Å². The highest BCUT2D eigenvalue weighted by molar-refractivity contribution is 7.07. The fourth-order valence-corrected chi connectivity index (χ4v) is 6.57. The Kier molecular flexibility index (Phi) is 9.02. The van der Waals surface area contributed by atoms with Crippen LogP contribution in [0.1, 0.15) is 42.0 Å². The van der Waals surface area contributed by atoms with Gasteiger partial charge >= 0.3 is 19.8 Å². The van der Waals surface area contributed by atoms with Crippen molar-refractivity contribution in [3.05, 3.63) is 126 Å². The van der Waals surface area contributed by atoms with Crippen LogP contribution in [-0.2, 0) is 0 Å². The molecule has 3 aromatic carbocycles. The number of aromatic nitrogens is 1. The van der Waals surface area contributed by atoms with E-state index in [0.717, 1.165) is 34.5 Å².